The van der Waals surface area contributed by atoms with Crippen molar-refractivity contribution < 1.29 is 18.3 Å². The van der Waals surface area contributed by atoms with Gasteiger partial charge in [0.15, 0.2) is 0 Å². The lowest BCUT2D eigenvalue weighted by atomic mass is 10.2. The lowest BCUT2D eigenvalue weighted by molar-refractivity contribution is -0.0498. The number of hydrogen-bond acceptors (Lipinski definition) is 5. The van der Waals surface area contributed by atoms with E-state index in [1.165, 1.54) is 28.4 Å². The first-order chi connectivity index (χ1) is 11.5. The lowest BCUT2D eigenvalue weighted by Gasteiger charge is -2.17. The molecule has 1 aliphatic rings. The lowest BCUT2D eigenvalue weighted by Crippen LogP contribution is -2.30. The summed E-state index contributed by atoms with van der Waals surface area (Å²) in [5.41, 5.74) is 0.796. The van der Waals surface area contributed by atoms with Gasteiger partial charge in [0.1, 0.15) is 10.8 Å². The van der Waals surface area contributed by atoms with Crippen molar-refractivity contribution in [3.05, 3.63) is 34.8 Å². The zero-order valence-corrected chi connectivity index (χ0v) is 13.7. The normalized spacial score (nSPS) is 13.8. The molecule has 2 amide bonds. The third-order valence-corrected chi connectivity index (χ3v) is 4.50. The van der Waals surface area contributed by atoms with Crippen molar-refractivity contribution >= 4 is 22.5 Å². The van der Waals surface area contributed by atoms with Gasteiger partial charge in [0.05, 0.1) is 0 Å². The second kappa shape index (κ2) is 7.08. The van der Waals surface area contributed by atoms with E-state index in [-0.39, 0.29) is 11.8 Å². The molecule has 1 aromatic carbocycles. The van der Waals surface area contributed by atoms with Gasteiger partial charge in [-0.05, 0) is 30.5 Å². The molecule has 0 spiro atoms. The fraction of sp³-hybridized carbons (Fsp3) is 0.400. The Balaban J connectivity index is 1.53. The number of rotatable bonds is 6. The molecule has 0 aliphatic heterocycles. The summed E-state index contributed by atoms with van der Waals surface area (Å²) in [7, 11) is 1.64. The van der Waals surface area contributed by atoms with Gasteiger partial charge in [-0.2, -0.15) is 8.78 Å². The molecule has 0 saturated heterocycles. The molecule has 2 aromatic rings. The molecular formula is C15H16F2N4O2S. The Morgan fingerprint density at radius 2 is 2.08 bits per heavy atom. The van der Waals surface area contributed by atoms with Crippen molar-refractivity contribution in [1.29, 1.82) is 0 Å². The highest BCUT2D eigenvalue weighted by Gasteiger charge is 2.27. The number of carbonyl (C=O) groups is 1. The number of benzene rings is 1. The highest BCUT2D eigenvalue weighted by atomic mass is 32.1. The van der Waals surface area contributed by atoms with E-state index < -0.39 is 6.61 Å². The largest absolute Gasteiger partial charge is 0.435 e. The number of aromatic nitrogens is 2. The van der Waals surface area contributed by atoms with Crippen molar-refractivity contribution in [2.75, 3.05) is 12.4 Å². The molecule has 128 valence electrons. The second-order valence-electron chi connectivity index (χ2n) is 5.53. The van der Waals surface area contributed by atoms with Gasteiger partial charge >= 0.3 is 12.6 Å². The van der Waals surface area contributed by atoms with Crippen LogP contribution in [0.25, 0.3) is 0 Å². The number of anilines is 1. The van der Waals surface area contributed by atoms with E-state index >= 15 is 0 Å². The van der Waals surface area contributed by atoms with Gasteiger partial charge in [-0.3, -0.25) is 5.32 Å². The summed E-state index contributed by atoms with van der Waals surface area (Å²) in [6.07, 6.45) is 2.27. The Morgan fingerprint density at radius 3 is 2.71 bits per heavy atom. The van der Waals surface area contributed by atoms with Crippen LogP contribution in [0, 0.1) is 0 Å². The van der Waals surface area contributed by atoms with Gasteiger partial charge in [0.2, 0.25) is 5.13 Å². The van der Waals surface area contributed by atoms with Crippen LogP contribution in [-0.2, 0) is 6.54 Å². The number of hydrogen-bond donors (Lipinski definition) is 1. The summed E-state index contributed by atoms with van der Waals surface area (Å²) in [6, 6.07) is 5.86. The van der Waals surface area contributed by atoms with Crippen LogP contribution >= 0.6 is 11.3 Å². The van der Waals surface area contributed by atoms with E-state index in [4.69, 9.17) is 0 Å². The number of halogens is 2. The minimum Gasteiger partial charge on any atom is -0.435 e. The summed E-state index contributed by atoms with van der Waals surface area (Å²) in [5, 5.41) is 12.2. The van der Waals surface area contributed by atoms with E-state index in [2.05, 4.69) is 20.3 Å². The van der Waals surface area contributed by atoms with Gasteiger partial charge < -0.3 is 9.64 Å². The van der Waals surface area contributed by atoms with Crippen LogP contribution in [0.5, 0.6) is 5.75 Å². The summed E-state index contributed by atoms with van der Waals surface area (Å²) in [5.74, 6) is 0.585. The van der Waals surface area contributed by atoms with Gasteiger partial charge in [-0.25, -0.2) is 4.79 Å². The SMILES string of the molecule is CN(Cc1ccc(OC(F)F)cc1)C(=O)Nc1nnc(C2CC2)s1. The molecule has 0 bridgehead atoms. The van der Waals surface area contributed by atoms with Crippen molar-refractivity contribution in [2.45, 2.75) is 31.9 Å². The van der Waals surface area contributed by atoms with Crippen LogP contribution < -0.4 is 10.1 Å². The Kier molecular flexibility index (Phi) is 4.89. The van der Waals surface area contributed by atoms with E-state index in [1.807, 2.05) is 0 Å². The molecule has 1 aromatic heterocycles. The van der Waals surface area contributed by atoms with Gasteiger partial charge in [0.25, 0.3) is 0 Å². The van der Waals surface area contributed by atoms with Crippen molar-refractivity contribution in [3.63, 3.8) is 0 Å². The molecular weight excluding hydrogens is 338 g/mol. The highest BCUT2D eigenvalue weighted by molar-refractivity contribution is 7.15. The maximum atomic E-state index is 12.2. The summed E-state index contributed by atoms with van der Waals surface area (Å²) in [4.78, 5) is 13.6. The minimum absolute atomic E-state index is 0.0855. The monoisotopic (exact) mass is 354 g/mol. The number of alkyl halides is 2. The maximum Gasteiger partial charge on any atom is 0.387 e. The first-order valence-corrected chi connectivity index (χ1v) is 8.22. The van der Waals surface area contributed by atoms with Gasteiger partial charge in [-0.1, -0.05) is 23.5 Å². The van der Waals surface area contributed by atoms with E-state index in [0.29, 0.717) is 17.6 Å². The number of amides is 2. The van der Waals surface area contributed by atoms with Crippen LogP contribution in [0.2, 0.25) is 0 Å². The number of urea groups is 1. The van der Waals surface area contributed by atoms with E-state index in [1.54, 1.807) is 19.2 Å². The predicted molar refractivity (Wildman–Crippen MR) is 85.4 cm³/mol. The molecule has 3 rings (SSSR count). The zero-order chi connectivity index (χ0) is 17.1. The first kappa shape index (κ1) is 16.6. The zero-order valence-electron chi connectivity index (χ0n) is 12.9. The smallest absolute Gasteiger partial charge is 0.387 e. The molecule has 9 heteroatoms. The molecule has 1 aliphatic carbocycles. The molecule has 1 saturated carbocycles. The fourth-order valence-corrected chi connectivity index (χ4v) is 2.99. The first-order valence-electron chi connectivity index (χ1n) is 7.40. The van der Waals surface area contributed by atoms with Crippen molar-refractivity contribution in [3.8, 4) is 5.75 Å². The van der Waals surface area contributed by atoms with Crippen LogP contribution in [0.4, 0.5) is 18.7 Å². The van der Waals surface area contributed by atoms with Crippen LogP contribution in [-0.4, -0.2) is 34.8 Å². The number of ether oxygens (including phenoxy) is 1. The summed E-state index contributed by atoms with van der Waals surface area (Å²) in [6.45, 7) is -2.52. The standard InChI is InChI=1S/C15H16F2N4O2S/c1-21(8-9-2-6-11(7-3-9)23-13(16)17)15(22)18-14-20-19-12(24-14)10-4-5-10/h2-3,6-7,10,13H,4-5,8H2,1H3,(H,18,20,22). The Hall–Kier alpha value is -2.29. The van der Waals surface area contributed by atoms with Gasteiger partial charge in [-0.15, -0.1) is 10.2 Å². The minimum atomic E-state index is -2.85. The molecule has 1 N–H and O–H groups in total. The molecule has 0 unspecified atom stereocenters. The summed E-state index contributed by atoms with van der Waals surface area (Å²) < 4.78 is 28.5. The number of nitrogens with zero attached hydrogens (tertiary/aromatic N) is 3. The Labute approximate surface area is 141 Å². The van der Waals surface area contributed by atoms with Crippen molar-refractivity contribution in [2.24, 2.45) is 0 Å². The topological polar surface area (TPSA) is 67.3 Å². The molecule has 24 heavy (non-hydrogen) atoms. The van der Waals surface area contributed by atoms with Gasteiger partial charge in [0, 0.05) is 19.5 Å². The highest BCUT2D eigenvalue weighted by Crippen LogP contribution is 2.42. The molecule has 0 radical (unpaired) electrons. The average Bonchev–Trinajstić information content (AvgIpc) is 3.29. The Bertz CT molecular complexity index is 704. The van der Waals surface area contributed by atoms with E-state index in [9.17, 15) is 13.6 Å². The Morgan fingerprint density at radius 1 is 1.38 bits per heavy atom. The third-order valence-electron chi connectivity index (χ3n) is 3.50. The fourth-order valence-electron chi connectivity index (χ4n) is 2.09. The third kappa shape index (κ3) is 4.38. The van der Waals surface area contributed by atoms with Crippen molar-refractivity contribution in [1.82, 2.24) is 15.1 Å². The molecule has 0 atom stereocenters. The maximum absolute atomic E-state index is 12.2. The molecule has 1 heterocycles. The van der Waals surface area contributed by atoms with Crippen LogP contribution in [0.3, 0.4) is 0 Å². The number of carbonyl (C=O) groups excluding carboxylic acids is 1. The van der Waals surface area contributed by atoms with E-state index in [0.717, 1.165) is 23.4 Å². The number of nitrogens with one attached hydrogen (secondary N) is 1. The molecule has 6 nitrogen and oxygen atoms in total. The predicted octanol–water partition coefficient (Wildman–Crippen LogP) is 3.68. The van der Waals surface area contributed by atoms with Crippen LogP contribution in [0.15, 0.2) is 24.3 Å². The summed E-state index contributed by atoms with van der Waals surface area (Å²) >= 11 is 1.39. The van der Waals surface area contributed by atoms with Crippen LogP contribution in [0.1, 0.15) is 29.3 Å². The second-order valence-corrected chi connectivity index (χ2v) is 6.54. The quantitative estimate of drug-likeness (QED) is 0.859. The molecule has 1 fully saturated rings. The average molecular weight is 354 g/mol.